The second-order valence-corrected chi connectivity index (χ2v) is 19.1. The molecule has 428 valence electrons. The number of carboxylic acid groups (broad SMARTS) is 3. The molecule has 2 aromatic heterocycles. The number of carbonyl (C=O) groups excluding carboxylic acids is 3. The van der Waals surface area contributed by atoms with Crippen LogP contribution in [0.25, 0.3) is 33.4 Å². The van der Waals surface area contributed by atoms with Gasteiger partial charge in [-0.25, -0.2) is 31.9 Å². The average molecular weight is 1190 g/mol. The third-order valence-electron chi connectivity index (χ3n) is 12.0. The molecule has 0 bridgehead atoms. The van der Waals surface area contributed by atoms with Crippen molar-refractivity contribution in [1.29, 1.82) is 0 Å². The average Bonchev–Trinajstić information content (AvgIpc) is 4.40. The van der Waals surface area contributed by atoms with E-state index in [2.05, 4.69) is 15.4 Å². The summed E-state index contributed by atoms with van der Waals surface area (Å²) in [7, 11) is 3.09. The first-order valence-electron chi connectivity index (χ1n) is 23.9. The number of amides is 3. The van der Waals surface area contributed by atoms with Crippen LogP contribution < -0.4 is 30.2 Å². The SMILES string of the molecule is COc1cccc(-c2ccc(NC(=O)C3=C(C(=O)O)C(O)CC3)c(F)c2)c1.COc1cccc(-c2ccc(NC(=O)c3ccsc3C(=O)O)c(F)c2)c1.O=C(Nc1c(F)cc(-c2cccc(OC(F)(F)F)c2)cc1F)c1ccsc1C(=O)O. The maximum Gasteiger partial charge on any atom is 0.573 e. The smallest absolute Gasteiger partial charge is 0.497 e. The zero-order chi connectivity index (χ0) is 60.3. The van der Waals surface area contributed by atoms with Crippen molar-refractivity contribution in [2.24, 2.45) is 0 Å². The van der Waals surface area contributed by atoms with Gasteiger partial charge in [-0.15, -0.1) is 35.8 Å². The zero-order valence-electron chi connectivity index (χ0n) is 42.8. The topological polar surface area (TPSA) is 247 Å². The molecule has 0 spiro atoms. The fourth-order valence-corrected chi connectivity index (χ4v) is 9.53. The Bertz CT molecular complexity index is 3800. The first kappa shape index (κ1) is 60.8. The quantitative estimate of drug-likeness (QED) is 0.0473. The minimum atomic E-state index is -4.93. The number of anilines is 3. The second kappa shape index (κ2) is 26.6. The molecular weight excluding hydrogens is 1140 g/mol. The summed E-state index contributed by atoms with van der Waals surface area (Å²) in [4.78, 5) is 69.8. The van der Waals surface area contributed by atoms with Gasteiger partial charge in [-0.3, -0.25) is 14.4 Å². The van der Waals surface area contributed by atoms with E-state index in [4.69, 9.17) is 24.8 Å². The van der Waals surface area contributed by atoms with Crippen LogP contribution in [0.15, 0.2) is 155 Å². The van der Waals surface area contributed by atoms with Crippen LogP contribution in [0, 0.1) is 23.3 Å². The number of alkyl halides is 3. The highest BCUT2D eigenvalue weighted by molar-refractivity contribution is 7.12. The van der Waals surface area contributed by atoms with Crippen molar-refractivity contribution in [3.8, 4) is 50.6 Å². The molecule has 1 aliphatic carbocycles. The fraction of sp³-hybridized carbons (Fsp3) is 0.103. The van der Waals surface area contributed by atoms with Gasteiger partial charge in [-0.2, -0.15) is 0 Å². The number of rotatable bonds is 15. The number of aliphatic hydroxyl groups excluding tert-OH is 1. The van der Waals surface area contributed by atoms with Gasteiger partial charge in [0.05, 0.1) is 48.4 Å². The maximum absolute atomic E-state index is 14.5. The van der Waals surface area contributed by atoms with E-state index in [1.54, 1.807) is 68.8 Å². The van der Waals surface area contributed by atoms with Crippen LogP contribution in [-0.4, -0.2) is 82.7 Å². The number of hydrogen-bond donors (Lipinski definition) is 7. The van der Waals surface area contributed by atoms with Gasteiger partial charge < -0.3 is 50.6 Å². The van der Waals surface area contributed by atoms with Gasteiger partial charge in [0.15, 0.2) is 0 Å². The predicted molar refractivity (Wildman–Crippen MR) is 292 cm³/mol. The molecule has 1 atom stereocenters. The lowest BCUT2D eigenvalue weighted by molar-refractivity contribution is -0.274. The number of nitrogens with one attached hydrogen (secondary N) is 3. The lowest BCUT2D eigenvalue weighted by Gasteiger charge is -2.12. The van der Waals surface area contributed by atoms with Gasteiger partial charge in [-0.05, 0) is 142 Å². The number of methoxy groups -OCH3 is 2. The van der Waals surface area contributed by atoms with Crippen molar-refractivity contribution >= 4 is 75.4 Å². The Hall–Kier alpha value is -9.85. The molecule has 7 N–H and O–H groups in total. The summed E-state index contributed by atoms with van der Waals surface area (Å²) in [5.41, 5.74) is 1.14. The summed E-state index contributed by atoms with van der Waals surface area (Å²) in [6, 6.07) is 31.8. The number of aromatic carboxylic acids is 2. The van der Waals surface area contributed by atoms with E-state index in [1.165, 1.54) is 59.3 Å². The highest BCUT2D eigenvalue weighted by Gasteiger charge is 2.33. The van der Waals surface area contributed by atoms with Gasteiger partial charge in [0, 0.05) is 5.57 Å². The third kappa shape index (κ3) is 15.3. The van der Waals surface area contributed by atoms with E-state index >= 15 is 0 Å². The maximum atomic E-state index is 14.5. The molecule has 0 aliphatic heterocycles. The summed E-state index contributed by atoms with van der Waals surface area (Å²) >= 11 is 1.71. The number of carbonyl (C=O) groups is 6. The molecule has 25 heteroatoms. The Morgan fingerprint density at radius 2 is 0.916 bits per heavy atom. The van der Waals surface area contributed by atoms with Crippen molar-refractivity contribution in [1.82, 2.24) is 0 Å². The molecule has 0 saturated carbocycles. The number of benzene rings is 6. The van der Waals surface area contributed by atoms with Crippen molar-refractivity contribution in [3.63, 3.8) is 0 Å². The van der Waals surface area contributed by atoms with E-state index < -0.39 is 82.8 Å². The van der Waals surface area contributed by atoms with Crippen molar-refractivity contribution in [2.45, 2.75) is 25.3 Å². The fourth-order valence-electron chi connectivity index (χ4n) is 8.07. The lowest BCUT2D eigenvalue weighted by atomic mass is 10.0. The second-order valence-electron chi connectivity index (χ2n) is 17.3. The number of carboxylic acids is 3. The Kier molecular flexibility index (Phi) is 19.5. The molecule has 1 unspecified atom stereocenters. The number of aliphatic carboxylic acids is 1. The van der Waals surface area contributed by atoms with Crippen LogP contribution in [0.4, 0.5) is 47.8 Å². The molecule has 0 saturated heterocycles. The van der Waals surface area contributed by atoms with Gasteiger partial charge in [0.1, 0.15) is 56.0 Å². The molecule has 0 fully saturated rings. The molecule has 3 amide bonds. The summed E-state index contributed by atoms with van der Waals surface area (Å²) in [6.07, 6.45) is -5.84. The number of thiophene rings is 2. The van der Waals surface area contributed by atoms with Crippen LogP contribution in [0.5, 0.6) is 17.2 Å². The van der Waals surface area contributed by atoms with E-state index in [0.717, 1.165) is 58.1 Å². The number of halogens is 7. The first-order valence-corrected chi connectivity index (χ1v) is 25.6. The Morgan fingerprint density at radius 1 is 0.506 bits per heavy atom. The minimum Gasteiger partial charge on any atom is -0.497 e. The van der Waals surface area contributed by atoms with Crippen LogP contribution in [-0.2, 0) is 9.59 Å². The van der Waals surface area contributed by atoms with E-state index in [-0.39, 0.29) is 67.4 Å². The molecule has 83 heavy (non-hydrogen) atoms. The molecule has 1 aliphatic rings. The molecule has 0 radical (unpaired) electrons. The number of hydrogen-bond acceptors (Lipinski definition) is 12. The normalized spacial score (nSPS) is 12.6. The summed E-state index contributed by atoms with van der Waals surface area (Å²) in [5.74, 6) is -9.29. The van der Waals surface area contributed by atoms with Crippen LogP contribution in [0.1, 0.15) is 52.9 Å². The van der Waals surface area contributed by atoms with E-state index in [9.17, 15) is 64.6 Å². The van der Waals surface area contributed by atoms with Gasteiger partial charge >= 0.3 is 24.3 Å². The Morgan fingerprint density at radius 3 is 1.35 bits per heavy atom. The lowest BCUT2D eigenvalue weighted by Crippen LogP contribution is -2.20. The van der Waals surface area contributed by atoms with Crippen molar-refractivity contribution in [3.05, 3.63) is 200 Å². The van der Waals surface area contributed by atoms with Crippen LogP contribution in [0.3, 0.4) is 0 Å². The molecule has 2 heterocycles. The Labute approximate surface area is 473 Å². The van der Waals surface area contributed by atoms with Crippen LogP contribution in [0.2, 0.25) is 0 Å². The van der Waals surface area contributed by atoms with Gasteiger partial charge in [0.2, 0.25) is 0 Å². The summed E-state index contributed by atoms with van der Waals surface area (Å²) in [5, 5.41) is 46.6. The van der Waals surface area contributed by atoms with E-state index in [1.807, 2.05) is 11.4 Å². The monoisotopic (exact) mass is 1190 g/mol. The molecule has 6 aromatic carbocycles. The summed E-state index contributed by atoms with van der Waals surface area (Å²) in [6.45, 7) is 0. The number of aliphatic hydroxyl groups is 1. The molecule has 16 nitrogen and oxygen atoms in total. The molecule has 9 rings (SSSR count). The Balaban J connectivity index is 0.000000179. The van der Waals surface area contributed by atoms with Crippen LogP contribution >= 0.6 is 22.7 Å². The zero-order valence-corrected chi connectivity index (χ0v) is 44.4. The van der Waals surface area contributed by atoms with Gasteiger partial charge in [0.25, 0.3) is 17.7 Å². The summed E-state index contributed by atoms with van der Waals surface area (Å²) < 4.78 is 109. The van der Waals surface area contributed by atoms with Crippen molar-refractivity contribution < 1.29 is 94.1 Å². The largest absolute Gasteiger partial charge is 0.573 e. The standard InChI is InChI=1S/C20H18FNO5.C19H10F5NO4S.C19H14FNO4S/c1-27-13-4-2-3-11(9-13)12-5-7-16(15(21)10-12)22-19(24)14-6-8-17(23)18(14)20(25)26;20-13-7-10(9-2-1-3-11(6-9)29-19(22,23)24)8-14(21)15(13)25-17(26)12-4-5-30-16(12)18(27)28;1-25-13-4-2-3-11(9-13)12-5-6-16(15(20)10-12)21-18(22)14-7-8-26-17(14)19(23)24/h2-5,7,9-10,17,23H,6,8H2,1H3,(H,22,24)(H,25,26);1-8H,(H,25,26)(H,27,28);2-10H,1H3,(H,21,22)(H,23,24). The van der Waals surface area contributed by atoms with E-state index in [0.29, 0.717) is 22.6 Å². The highest BCUT2D eigenvalue weighted by atomic mass is 32.1. The number of ether oxygens (including phenoxy) is 3. The predicted octanol–water partition coefficient (Wildman–Crippen LogP) is 13.0. The van der Waals surface area contributed by atoms with Gasteiger partial charge in [-0.1, -0.05) is 48.5 Å². The molecular formula is C58H42F7N3O13S2. The van der Waals surface area contributed by atoms with Crippen molar-refractivity contribution in [2.75, 3.05) is 30.2 Å². The first-order chi connectivity index (χ1) is 39.4. The molecule has 8 aromatic rings. The minimum absolute atomic E-state index is 0.00114. The highest BCUT2D eigenvalue weighted by Crippen LogP contribution is 2.34. The third-order valence-corrected chi connectivity index (χ3v) is 13.8.